The average Bonchev–Trinajstić information content (AvgIpc) is 3.06. The third-order valence-electron chi connectivity index (χ3n) is 5.10. The van der Waals surface area contributed by atoms with E-state index in [9.17, 15) is 13.2 Å². The van der Waals surface area contributed by atoms with Gasteiger partial charge in [0.15, 0.2) is 5.78 Å². The van der Waals surface area contributed by atoms with Gasteiger partial charge in [-0.15, -0.1) is 6.58 Å². The number of aryl methyl sites for hydroxylation is 2. The molecular formula is C20H30N4O3S. The molecule has 154 valence electrons. The summed E-state index contributed by atoms with van der Waals surface area (Å²) in [5.74, 6) is -0.0965. The molecule has 0 aliphatic heterocycles. The summed E-state index contributed by atoms with van der Waals surface area (Å²) in [6.45, 7) is 16.0. The van der Waals surface area contributed by atoms with Crippen LogP contribution >= 0.6 is 0 Å². The highest BCUT2D eigenvalue weighted by molar-refractivity contribution is 7.89. The lowest BCUT2D eigenvalue weighted by Crippen LogP contribution is -2.31. The standard InChI is InChI=1S/C20H30N4O3S/c1-8-11-23-14(4)12-18(16(23)6)19(25)13-24-17(7)20(15(5)21-24)28(26,27)22(9-2)10-3/h8,12H,1,9-11,13H2,2-7H3. The number of carbonyl (C=O) groups excluding carboxylic acids is 1. The Hall–Kier alpha value is -2.19. The molecule has 2 aromatic heterocycles. The van der Waals surface area contributed by atoms with Crippen LogP contribution in [0.2, 0.25) is 0 Å². The van der Waals surface area contributed by atoms with Crippen molar-refractivity contribution >= 4 is 15.8 Å². The van der Waals surface area contributed by atoms with Gasteiger partial charge in [0.1, 0.15) is 11.4 Å². The molecule has 2 heterocycles. The topological polar surface area (TPSA) is 77.2 Å². The second kappa shape index (κ2) is 8.45. The van der Waals surface area contributed by atoms with Crippen molar-refractivity contribution in [3.8, 4) is 0 Å². The van der Waals surface area contributed by atoms with Crippen molar-refractivity contribution in [1.82, 2.24) is 18.7 Å². The first-order chi connectivity index (χ1) is 13.1. The van der Waals surface area contributed by atoms with E-state index in [1.54, 1.807) is 33.8 Å². The van der Waals surface area contributed by atoms with Gasteiger partial charge in [0.2, 0.25) is 10.0 Å². The fourth-order valence-corrected chi connectivity index (χ4v) is 5.45. The normalized spacial score (nSPS) is 12.0. The quantitative estimate of drug-likeness (QED) is 0.474. The molecule has 0 spiro atoms. The summed E-state index contributed by atoms with van der Waals surface area (Å²) in [4.78, 5) is 13.1. The van der Waals surface area contributed by atoms with Gasteiger partial charge < -0.3 is 4.57 Å². The highest BCUT2D eigenvalue weighted by atomic mass is 32.2. The van der Waals surface area contributed by atoms with Gasteiger partial charge in [0.05, 0.1) is 11.4 Å². The van der Waals surface area contributed by atoms with Gasteiger partial charge in [0, 0.05) is 36.6 Å². The van der Waals surface area contributed by atoms with Crippen LogP contribution in [0.4, 0.5) is 0 Å². The Labute approximate surface area is 167 Å². The number of rotatable bonds is 9. The zero-order valence-corrected chi connectivity index (χ0v) is 18.4. The Morgan fingerprint density at radius 2 is 1.79 bits per heavy atom. The van der Waals surface area contributed by atoms with E-state index in [1.807, 2.05) is 24.5 Å². The maximum atomic E-state index is 13.0. The fourth-order valence-electron chi connectivity index (χ4n) is 3.62. The second-order valence-corrected chi connectivity index (χ2v) is 8.73. The van der Waals surface area contributed by atoms with Gasteiger partial charge in [-0.2, -0.15) is 9.40 Å². The molecule has 2 aromatic rings. The number of ketones is 1. The largest absolute Gasteiger partial charge is 0.345 e. The first-order valence-electron chi connectivity index (χ1n) is 9.45. The fraction of sp³-hybridized carbons (Fsp3) is 0.500. The molecule has 0 fully saturated rings. The maximum Gasteiger partial charge on any atom is 0.246 e. The van der Waals surface area contributed by atoms with Crippen molar-refractivity contribution in [2.24, 2.45) is 0 Å². The summed E-state index contributed by atoms with van der Waals surface area (Å²) in [6, 6.07) is 1.86. The average molecular weight is 407 g/mol. The van der Waals surface area contributed by atoms with Crippen LogP contribution in [-0.2, 0) is 23.1 Å². The van der Waals surface area contributed by atoms with Crippen molar-refractivity contribution in [3.05, 3.63) is 47.1 Å². The first-order valence-corrected chi connectivity index (χ1v) is 10.9. The van der Waals surface area contributed by atoms with Crippen LogP contribution in [0.5, 0.6) is 0 Å². The minimum Gasteiger partial charge on any atom is -0.345 e. The molecule has 0 unspecified atom stereocenters. The van der Waals surface area contributed by atoms with Gasteiger partial charge >= 0.3 is 0 Å². The predicted octanol–water partition coefficient (Wildman–Crippen LogP) is 3.02. The molecule has 0 radical (unpaired) electrons. The van der Waals surface area contributed by atoms with Crippen LogP contribution in [0.15, 0.2) is 23.6 Å². The molecule has 0 saturated carbocycles. The third-order valence-corrected chi connectivity index (χ3v) is 7.40. The summed E-state index contributed by atoms with van der Waals surface area (Å²) < 4.78 is 30.8. The maximum absolute atomic E-state index is 13.0. The number of nitrogens with zero attached hydrogens (tertiary/aromatic N) is 4. The van der Waals surface area contributed by atoms with Gasteiger partial charge in [-0.05, 0) is 33.8 Å². The summed E-state index contributed by atoms with van der Waals surface area (Å²) in [6.07, 6.45) is 1.79. The molecule has 0 aliphatic carbocycles. The lowest BCUT2D eigenvalue weighted by molar-refractivity contribution is 0.0966. The molecule has 0 atom stereocenters. The van der Waals surface area contributed by atoms with Gasteiger partial charge in [-0.25, -0.2) is 8.42 Å². The minimum atomic E-state index is -3.64. The summed E-state index contributed by atoms with van der Waals surface area (Å²) in [7, 11) is -3.64. The van der Waals surface area contributed by atoms with Crippen molar-refractivity contribution in [2.75, 3.05) is 13.1 Å². The van der Waals surface area contributed by atoms with E-state index in [0.717, 1.165) is 11.4 Å². The van der Waals surface area contributed by atoms with Crippen molar-refractivity contribution < 1.29 is 13.2 Å². The monoisotopic (exact) mass is 406 g/mol. The van der Waals surface area contributed by atoms with E-state index < -0.39 is 10.0 Å². The van der Waals surface area contributed by atoms with Crippen LogP contribution in [-0.4, -0.2) is 45.9 Å². The van der Waals surface area contributed by atoms with Crippen LogP contribution in [0, 0.1) is 27.7 Å². The zero-order valence-electron chi connectivity index (χ0n) is 17.6. The number of hydrogen-bond donors (Lipinski definition) is 0. The van der Waals surface area contributed by atoms with Crippen LogP contribution in [0.25, 0.3) is 0 Å². The number of hydrogen-bond acceptors (Lipinski definition) is 4. The molecule has 0 aromatic carbocycles. The van der Waals surface area contributed by atoms with E-state index in [1.165, 1.54) is 8.99 Å². The predicted molar refractivity (Wildman–Crippen MR) is 110 cm³/mol. The Kier molecular flexibility index (Phi) is 6.67. The number of aromatic nitrogens is 3. The molecule has 28 heavy (non-hydrogen) atoms. The van der Waals surface area contributed by atoms with E-state index in [2.05, 4.69) is 11.7 Å². The molecule has 0 aliphatic rings. The van der Waals surface area contributed by atoms with Crippen molar-refractivity contribution in [1.29, 1.82) is 0 Å². The summed E-state index contributed by atoms with van der Waals surface area (Å²) in [5.41, 5.74) is 3.38. The van der Waals surface area contributed by atoms with Crippen LogP contribution in [0.3, 0.4) is 0 Å². The Morgan fingerprint density at radius 3 is 2.32 bits per heavy atom. The lowest BCUT2D eigenvalue weighted by Gasteiger charge is -2.18. The van der Waals surface area contributed by atoms with E-state index in [4.69, 9.17) is 0 Å². The van der Waals surface area contributed by atoms with Crippen LogP contribution < -0.4 is 0 Å². The summed E-state index contributed by atoms with van der Waals surface area (Å²) >= 11 is 0. The van der Waals surface area contributed by atoms with Gasteiger partial charge in [-0.1, -0.05) is 19.9 Å². The molecule has 0 saturated heterocycles. The minimum absolute atomic E-state index is 0.00116. The zero-order chi connectivity index (χ0) is 21.2. The molecule has 0 amide bonds. The van der Waals surface area contributed by atoms with Gasteiger partial charge in [-0.3, -0.25) is 9.48 Å². The molecule has 7 nitrogen and oxygen atoms in total. The van der Waals surface area contributed by atoms with Crippen LogP contribution in [0.1, 0.15) is 47.0 Å². The number of Topliss-reactive ketones (excluding diaryl/α,β-unsaturated/α-hetero) is 1. The SMILES string of the molecule is C=CCn1c(C)cc(C(=O)Cn2nc(C)c(S(=O)(=O)N(CC)CC)c2C)c1C. The lowest BCUT2D eigenvalue weighted by atomic mass is 10.1. The van der Waals surface area contributed by atoms with Gasteiger partial charge in [0.25, 0.3) is 0 Å². The van der Waals surface area contributed by atoms with Crippen molar-refractivity contribution in [2.45, 2.75) is 59.5 Å². The van der Waals surface area contributed by atoms with E-state index in [0.29, 0.717) is 36.6 Å². The molecular weight excluding hydrogens is 376 g/mol. The van der Waals surface area contributed by atoms with Crippen molar-refractivity contribution in [3.63, 3.8) is 0 Å². The molecule has 0 N–H and O–H groups in total. The Morgan fingerprint density at radius 1 is 1.18 bits per heavy atom. The Balaban J connectivity index is 2.41. The molecule has 2 rings (SSSR count). The first kappa shape index (κ1) is 22.1. The summed E-state index contributed by atoms with van der Waals surface area (Å²) in [5, 5.41) is 4.36. The third kappa shape index (κ3) is 3.84. The molecule has 0 bridgehead atoms. The number of allylic oxidation sites excluding steroid dienone is 1. The number of carbonyl (C=O) groups is 1. The second-order valence-electron chi connectivity index (χ2n) is 6.85. The van der Waals surface area contributed by atoms with E-state index >= 15 is 0 Å². The number of sulfonamides is 1. The molecule has 8 heteroatoms. The highest BCUT2D eigenvalue weighted by Crippen LogP contribution is 2.24. The smallest absolute Gasteiger partial charge is 0.246 e. The van der Waals surface area contributed by atoms with E-state index in [-0.39, 0.29) is 17.2 Å². The Bertz CT molecular complexity index is 995. The highest BCUT2D eigenvalue weighted by Gasteiger charge is 2.30.